The van der Waals surface area contributed by atoms with Gasteiger partial charge in [-0.2, -0.15) is 0 Å². The molecule has 41 heavy (non-hydrogen) atoms. The molecular weight excluding hydrogens is 536 g/mol. The first kappa shape index (κ1) is 32.5. The molecule has 232 valence electrons. The average Bonchev–Trinajstić information content (AvgIpc) is 3.30. The van der Waals surface area contributed by atoms with Crippen LogP contribution in [0.4, 0.5) is 0 Å². The van der Waals surface area contributed by atoms with Gasteiger partial charge in [0.1, 0.15) is 11.9 Å². The number of esters is 1. The molecule has 1 amide bonds. The average molecular weight is 591 g/mol. The molecule has 4 aliphatic rings. The monoisotopic (exact) mass is 590 g/mol. The van der Waals surface area contributed by atoms with Gasteiger partial charge in [-0.05, 0) is 74.5 Å². The smallest absolute Gasteiger partial charge is 0.316 e. The quantitative estimate of drug-likeness (QED) is 0.268. The van der Waals surface area contributed by atoms with E-state index < -0.39 is 29.1 Å². The number of hydrogen-bond acceptors (Lipinski definition) is 7. The van der Waals surface area contributed by atoms with Gasteiger partial charge in [0.05, 0.1) is 17.9 Å². The van der Waals surface area contributed by atoms with Crippen LogP contribution in [-0.2, 0) is 19.1 Å². The number of hydrogen-bond donors (Lipinski definition) is 3. The molecule has 8 heteroatoms. The summed E-state index contributed by atoms with van der Waals surface area (Å²) in [5, 5.41) is 15.1. The first-order valence-electron chi connectivity index (χ1n) is 15.9. The lowest BCUT2D eigenvalue weighted by Crippen LogP contribution is -2.63. The van der Waals surface area contributed by atoms with Crippen LogP contribution < -0.4 is 11.1 Å². The van der Waals surface area contributed by atoms with Crippen LogP contribution in [0.5, 0.6) is 0 Å². The van der Waals surface area contributed by atoms with Crippen molar-refractivity contribution in [3.8, 4) is 0 Å². The molecule has 9 atom stereocenters. The van der Waals surface area contributed by atoms with E-state index in [1.807, 2.05) is 26.8 Å². The Kier molecular flexibility index (Phi) is 9.77. The zero-order valence-corrected chi connectivity index (χ0v) is 26.9. The SMILES string of the molecule is C=C[C@]1(C)C[C@@H](OC(=O)CSC2CCC(NC(=O)C(N)C(C)C)CC2)[C@]2(C)C(C)CCC3(CCC(=O)C32)[C@@H](C)C1O. The Hall–Kier alpha value is -1.38. The van der Waals surface area contributed by atoms with E-state index in [4.69, 9.17) is 10.5 Å². The summed E-state index contributed by atoms with van der Waals surface area (Å²) in [6.45, 7) is 16.5. The number of nitrogens with two attached hydrogens (primary N) is 1. The topological polar surface area (TPSA) is 119 Å². The molecule has 4 fully saturated rings. The molecule has 2 bridgehead atoms. The third kappa shape index (κ3) is 5.91. The Morgan fingerprint density at radius 2 is 1.83 bits per heavy atom. The first-order valence-corrected chi connectivity index (χ1v) is 17.0. The van der Waals surface area contributed by atoms with E-state index in [2.05, 4.69) is 32.7 Å². The summed E-state index contributed by atoms with van der Waals surface area (Å²) in [7, 11) is 0. The highest BCUT2D eigenvalue weighted by atomic mass is 32.2. The summed E-state index contributed by atoms with van der Waals surface area (Å²) in [5.41, 5.74) is 4.62. The molecule has 4 saturated carbocycles. The summed E-state index contributed by atoms with van der Waals surface area (Å²) in [6, 6.07) is -0.357. The van der Waals surface area contributed by atoms with Crippen molar-refractivity contribution in [1.82, 2.24) is 5.32 Å². The van der Waals surface area contributed by atoms with Crippen molar-refractivity contribution >= 4 is 29.4 Å². The number of amides is 1. The van der Waals surface area contributed by atoms with Crippen LogP contribution in [0.15, 0.2) is 12.7 Å². The number of rotatable bonds is 8. The number of nitrogens with one attached hydrogen (secondary N) is 1. The number of ketones is 1. The van der Waals surface area contributed by atoms with E-state index in [0.717, 1.165) is 44.9 Å². The minimum Gasteiger partial charge on any atom is -0.461 e. The molecule has 0 spiro atoms. The van der Waals surface area contributed by atoms with E-state index in [-0.39, 0.29) is 58.5 Å². The second kappa shape index (κ2) is 12.3. The normalized spacial score (nSPS) is 43.4. The van der Waals surface area contributed by atoms with Crippen LogP contribution in [-0.4, -0.2) is 58.1 Å². The molecule has 0 aromatic heterocycles. The van der Waals surface area contributed by atoms with Crippen LogP contribution in [0.3, 0.4) is 0 Å². The van der Waals surface area contributed by atoms with Crippen molar-refractivity contribution in [2.24, 2.45) is 45.7 Å². The van der Waals surface area contributed by atoms with Gasteiger partial charge in [-0.15, -0.1) is 18.3 Å². The fourth-order valence-electron chi connectivity index (χ4n) is 8.85. The molecule has 5 unspecified atom stereocenters. The van der Waals surface area contributed by atoms with Gasteiger partial charge in [-0.1, -0.05) is 47.6 Å². The van der Waals surface area contributed by atoms with E-state index in [1.54, 1.807) is 11.8 Å². The van der Waals surface area contributed by atoms with E-state index in [0.29, 0.717) is 18.1 Å². The molecule has 4 aliphatic carbocycles. The molecule has 0 radical (unpaired) electrons. The lowest BCUT2D eigenvalue weighted by atomic mass is 9.44. The van der Waals surface area contributed by atoms with E-state index in [9.17, 15) is 19.5 Å². The molecule has 0 aliphatic heterocycles. The van der Waals surface area contributed by atoms with Gasteiger partial charge < -0.3 is 20.9 Å². The lowest BCUT2D eigenvalue weighted by molar-refractivity contribution is -0.205. The Labute approximate surface area is 251 Å². The number of thioether (sulfide) groups is 1. The van der Waals surface area contributed by atoms with Gasteiger partial charge in [0.2, 0.25) is 5.91 Å². The Bertz CT molecular complexity index is 1010. The summed E-state index contributed by atoms with van der Waals surface area (Å²) in [4.78, 5) is 39.4. The fourth-order valence-corrected chi connectivity index (χ4v) is 9.90. The minimum absolute atomic E-state index is 0.0398. The highest BCUT2D eigenvalue weighted by molar-refractivity contribution is 8.00. The molecule has 0 saturated heterocycles. The van der Waals surface area contributed by atoms with Gasteiger partial charge in [-0.25, -0.2) is 0 Å². The summed E-state index contributed by atoms with van der Waals surface area (Å²) >= 11 is 1.64. The van der Waals surface area contributed by atoms with Crippen molar-refractivity contribution in [3.05, 3.63) is 12.7 Å². The highest BCUT2D eigenvalue weighted by Gasteiger charge is 2.68. The molecule has 7 nitrogen and oxygen atoms in total. The van der Waals surface area contributed by atoms with Gasteiger partial charge in [-0.3, -0.25) is 14.4 Å². The third-order valence-corrected chi connectivity index (χ3v) is 13.4. The molecule has 4 N–H and O–H groups in total. The maximum atomic E-state index is 13.6. The minimum atomic E-state index is -0.660. The molecule has 4 rings (SSSR count). The van der Waals surface area contributed by atoms with Gasteiger partial charge in [0, 0.05) is 34.5 Å². The Morgan fingerprint density at radius 1 is 1.17 bits per heavy atom. The van der Waals surface area contributed by atoms with Crippen LogP contribution in [0.25, 0.3) is 0 Å². The van der Waals surface area contributed by atoms with Gasteiger partial charge in [0.15, 0.2) is 0 Å². The Morgan fingerprint density at radius 3 is 2.44 bits per heavy atom. The zero-order valence-electron chi connectivity index (χ0n) is 26.1. The zero-order chi connectivity index (χ0) is 30.3. The Balaban J connectivity index is 1.44. The molecular formula is C33H54N2O5S. The van der Waals surface area contributed by atoms with Crippen LogP contribution in [0.2, 0.25) is 0 Å². The van der Waals surface area contributed by atoms with E-state index >= 15 is 0 Å². The first-order chi connectivity index (χ1) is 19.2. The summed E-state index contributed by atoms with van der Waals surface area (Å²) < 4.78 is 6.39. The van der Waals surface area contributed by atoms with Crippen molar-refractivity contribution in [1.29, 1.82) is 0 Å². The summed E-state index contributed by atoms with van der Waals surface area (Å²) in [6.07, 6.45) is 8.00. The number of carbonyl (C=O) groups excluding carboxylic acids is 3. The molecule has 0 aromatic rings. The molecule has 0 heterocycles. The van der Waals surface area contributed by atoms with Gasteiger partial charge >= 0.3 is 5.97 Å². The third-order valence-electron chi connectivity index (χ3n) is 12.1. The van der Waals surface area contributed by atoms with E-state index in [1.165, 1.54) is 0 Å². The highest BCUT2D eigenvalue weighted by Crippen LogP contribution is 2.68. The maximum Gasteiger partial charge on any atom is 0.316 e. The number of Topliss-reactive ketones (excluding diaryl/α,β-unsaturated/α-hetero) is 1. The van der Waals surface area contributed by atoms with Crippen LogP contribution in [0, 0.1) is 39.9 Å². The fraction of sp³-hybridized carbons (Fsp3) is 0.848. The lowest BCUT2D eigenvalue weighted by Gasteiger charge is -2.61. The van der Waals surface area contributed by atoms with Crippen LogP contribution in [0.1, 0.15) is 99.3 Å². The van der Waals surface area contributed by atoms with Crippen molar-refractivity contribution in [3.63, 3.8) is 0 Å². The van der Waals surface area contributed by atoms with Crippen LogP contribution >= 0.6 is 11.8 Å². The standard InChI is InChI=1S/C33H54N2O5S/c1-8-31(6)17-25(32(7)20(4)13-15-33(21(5)29(31)38)16-14-24(36)28(32)33)40-26(37)18-41-23-11-9-22(10-12-23)35-30(39)27(34)19(2)3/h8,19-23,25,27-29,38H,1,9-18,34H2,2-7H3,(H,35,39)/t20?,21-,22?,23?,25+,27?,28?,29?,31+,32-,33?/m0/s1. The maximum absolute atomic E-state index is 13.6. The predicted octanol–water partition coefficient (Wildman–Crippen LogP) is 5.04. The van der Waals surface area contributed by atoms with Gasteiger partial charge in [0.25, 0.3) is 0 Å². The largest absolute Gasteiger partial charge is 0.461 e. The number of carbonyl (C=O) groups is 3. The van der Waals surface area contributed by atoms with Crippen molar-refractivity contribution < 1.29 is 24.2 Å². The van der Waals surface area contributed by atoms with Crippen molar-refractivity contribution in [2.45, 2.75) is 129 Å². The van der Waals surface area contributed by atoms with Crippen molar-refractivity contribution in [2.75, 3.05) is 5.75 Å². The second-order valence-electron chi connectivity index (χ2n) is 14.6. The molecule has 0 aromatic carbocycles. The predicted molar refractivity (Wildman–Crippen MR) is 164 cm³/mol. The second-order valence-corrected chi connectivity index (χ2v) is 15.9. The number of ether oxygens (including phenoxy) is 1. The number of aliphatic hydroxyl groups is 1. The summed E-state index contributed by atoms with van der Waals surface area (Å²) in [5.74, 6) is 0.272. The number of aliphatic hydroxyl groups excluding tert-OH is 1.